The zero-order chi connectivity index (χ0) is 22.7. The van der Waals surface area contributed by atoms with Crippen LogP contribution in [-0.4, -0.2) is 61.5 Å². The minimum atomic E-state index is -0.307. The fraction of sp³-hybridized carbons (Fsp3) is 0.481. The van der Waals surface area contributed by atoms with Gasteiger partial charge in [-0.2, -0.15) is 0 Å². The highest BCUT2D eigenvalue weighted by molar-refractivity contribution is 5.89. The molecule has 0 radical (unpaired) electrons. The number of carbonyl (C=O) groups is 2. The zero-order valence-electron chi connectivity index (χ0n) is 19.4. The third kappa shape index (κ3) is 5.04. The Labute approximate surface area is 191 Å². The number of methoxy groups -OCH3 is 1. The highest BCUT2D eigenvalue weighted by Crippen LogP contribution is 2.47. The second-order valence-corrected chi connectivity index (χ2v) is 9.64. The number of amides is 1. The quantitative estimate of drug-likeness (QED) is 0.615. The number of hydrogen-bond donors (Lipinski definition) is 0. The average molecular weight is 435 g/mol. The molecule has 0 aromatic heterocycles. The van der Waals surface area contributed by atoms with Gasteiger partial charge in [-0.05, 0) is 74.5 Å². The van der Waals surface area contributed by atoms with Gasteiger partial charge in [-0.25, -0.2) is 4.79 Å². The summed E-state index contributed by atoms with van der Waals surface area (Å²) in [7, 11) is 3.58. The van der Waals surface area contributed by atoms with Crippen molar-refractivity contribution in [1.29, 1.82) is 0 Å². The highest BCUT2D eigenvalue weighted by Gasteiger charge is 2.47. The number of carbonyl (C=O) groups excluding carboxylic acids is 2. The molecule has 170 valence electrons. The molecule has 2 aliphatic rings. The lowest BCUT2D eigenvalue weighted by Crippen LogP contribution is -2.48. The van der Waals surface area contributed by atoms with Gasteiger partial charge < -0.3 is 14.5 Å². The fourth-order valence-corrected chi connectivity index (χ4v) is 5.25. The number of piperidine rings is 1. The van der Waals surface area contributed by atoms with Gasteiger partial charge in [-0.3, -0.25) is 4.79 Å². The van der Waals surface area contributed by atoms with Gasteiger partial charge >= 0.3 is 5.97 Å². The van der Waals surface area contributed by atoms with E-state index in [0.29, 0.717) is 11.5 Å². The first-order valence-corrected chi connectivity index (χ1v) is 11.6. The molecule has 5 heteroatoms. The summed E-state index contributed by atoms with van der Waals surface area (Å²) in [6, 6.07) is 18.6. The molecule has 2 aromatic rings. The number of hydrogen-bond acceptors (Lipinski definition) is 4. The van der Waals surface area contributed by atoms with Crippen molar-refractivity contribution in [2.45, 2.75) is 44.6 Å². The maximum atomic E-state index is 12.8. The zero-order valence-corrected chi connectivity index (χ0v) is 19.4. The van der Waals surface area contributed by atoms with Crippen LogP contribution in [0.3, 0.4) is 0 Å². The summed E-state index contributed by atoms with van der Waals surface area (Å²) in [6.45, 7) is 4.53. The molecule has 0 spiro atoms. The summed E-state index contributed by atoms with van der Waals surface area (Å²) in [5.41, 5.74) is 3.06. The molecule has 1 unspecified atom stereocenters. The normalized spacial score (nSPS) is 22.2. The van der Waals surface area contributed by atoms with Gasteiger partial charge in [0.05, 0.1) is 12.7 Å². The second kappa shape index (κ2) is 9.45. The average Bonchev–Trinajstić information content (AvgIpc) is 3.60. The largest absolute Gasteiger partial charge is 0.465 e. The van der Waals surface area contributed by atoms with E-state index in [1.807, 2.05) is 18.2 Å². The van der Waals surface area contributed by atoms with E-state index in [1.54, 1.807) is 13.0 Å². The molecule has 32 heavy (non-hydrogen) atoms. The van der Waals surface area contributed by atoms with Gasteiger partial charge in [-0.15, -0.1) is 0 Å². The first-order chi connectivity index (χ1) is 15.4. The third-order valence-corrected chi connectivity index (χ3v) is 7.27. The van der Waals surface area contributed by atoms with Crippen molar-refractivity contribution in [3.05, 3.63) is 71.3 Å². The molecule has 1 aliphatic carbocycles. The molecule has 5 nitrogen and oxygen atoms in total. The minimum absolute atomic E-state index is 0.0107. The molecule has 0 bridgehead atoms. The van der Waals surface area contributed by atoms with Crippen LogP contribution < -0.4 is 0 Å². The molecule has 2 fully saturated rings. The first kappa shape index (κ1) is 22.5. The molecule has 4 rings (SSSR count). The van der Waals surface area contributed by atoms with Gasteiger partial charge in [0, 0.05) is 25.4 Å². The Morgan fingerprint density at radius 2 is 1.81 bits per heavy atom. The van der Waals surface area contributed by atoms with Crippen LogP contribution in [0.4, 0.5) is 0 Å². The number of ether oxygens (including phenoxy) is 1. The van der Waals surface area contributed by atoms with E-state index in [0.717, 1.165) is 50.9 Å². The molecule has 1 saturated heterocycles. The summed E-state index contributed by atoms with van der Waals surface area (Å²) in [4.78, 5) is 29.3. The topological polar surface area (TPSA) is 49.9 Å². The predicted molar refractivity (Wildman–Crippen MR) is 126 cm³/mol. The maximum absolute atomic E-state index is 12.8. The highest BCUT2D eigenvalue weighted by atomic mass is 16.5. The molecule has 1 amide bonds. The molecule has 2 atom stereocenters. The Bertz CT molecular complexity index is 950. The van der Waals surface area contributed by atoms with Crippen LogP contribution >= 0.6 is 0 Å². The number of benzene rings is 2. The minimum Gasteiger partial charge on any atom is -0.465 e. The van der Waals surface area contributed by atoms with Crippen molar-refractivity contribution in [2.75, 3.05) is 33.8 Å². The Balaban J connectivity index is 1.56. The lowest BCUT2D eigenvalue weighted by molar-refractivity contribution is -0.131. The van der Waals surface area contributed by atoms with Gasteiger partial charge in [0.1, 0.15) is 0 Å². The number of esters is 1. The predicted octanol–water partition coefficient (Wildman–Crippen LogP) is 4.13. The molecule has 1 heterocycles. The van der Waals surface area contributed by atoms with E-state index in [1.165, 1.54) is 12.7 Å². The molecule has 2 aromatic carbocycles. The maximum Gasteiger partial charge on any atom is 0.337 e. The Hall–Kier alpha value is -2.66. The van der Waals surface area contributed by atoms with Crippen molar-refractivity contribution in [3.63, 3.8) is 0 Å². The lowest BCUT2D eigenvalue weighted by Gasteiger charge is -2.44. The van der Waals surface area contributed by atoms with Crippen LogP contribution in [0, 0.1) is 5.41 Å². The van der Waals surface area contributed by atoms with Crippen molar-refractivity contribution in [1.82, 2.24) is 9.80 Å². The summed E-state index contributed by atoms with van der Waals surface area (Å²) in [6.07, 6.45) is 3.98. The van der Waals surface area contributed by atoms with Gasteiger partial charge in [0.2, 0.25) is 5.91 Å². The van der Waals surface area contributed by atoms with Gasteiger partial charge in [-0.1, -0.05) is 42.5 Å². The molecule has 0 N–H and O–H groups in total. The SMILES string of the molecule is COC(=O)c1cccc(CC2(CN(C(C)=O)[C@@H]3CC3c3ccccc3)CCN(C)CC2)c1. The van der Waals surface area contributed by atoms with Gasteiger partial charge in [0.15, 0.2) is 0 Å². The summed E-state index contributed by atoms with van der Waals surface area (Å²) < 4.78 is 4.91. The van der Waals surface area contributed by atoms with Crippen LogP contribution in [-0.2, 0) is 16.0 Å². The van der Waals surface area contributed by atoms with Gasteiger partial charge in [0.25, 0.3) is 0 Å². The number of likely N-dealkylation sites (tertiary alicyclic amines) is 1. The van der Waals surface area contributed by atoms with E-state index in [9.17, 15) is 9.59 Å². The Morgan fingerprint density at radius 1 is 1.09 bits per heavy atom. The van der Waals surface area contributed by atoms with Crippen LogP contribution in [0.2, 0.25) is 0 Å². The first-order valence-electron chi connectivity index (χ1n) is 11.6. The van der Waals surface area contributed by atoms with Crippen molar-refractivity contribution >= 4 is 11.9 Å². The van der Waals surface area contributed by atoms with E-state index in [4.69, 9.17) is 4.74 Å². The standard InChI is InChI=1S/C27H34N2O3/c1-20(30)29(25-17-24(25)22-9-5-4-6-10-22)19-27(12-14-28(2)15-13-27)18-21-8-7-11-23(16-21)26(31)32-3/h4-11,16,24-25H,12-15,17-19H2,1-3H3/t24?,25-/m1/s1. The third-order valence-electron chi connectivity index (χ3n) is 7.27. The van der Waals surface area contributed by atoms with Crippen LogP contribution in [0.1, 0.15) is 53.6 Å². The summed E-state index contributed by atoms with van der Waals surface area (Å²) in [5.74, 6) is 0.291. The molecular formula is C27H34N2O3. The fourth-order valence-electron chi connectivity index (χ4n) is 5.25. The number of rotatable bonds is 7. The van der Waals surface area contributed by atoms with Crippen molar-refractivity contribution < 1.29 is 14.3 Å². The molecule has 1 saturated carbocycles. The van der Waals surface area contributed by atoms with E-state index < -0.39 is 0 Å². The lowest BCUT2D eigenvalue weighted by atomic mass is 9.73. The van der Waals surface area contributed by atoms with E-state index in [2.05, 4.69) is 47.2 Å². The second-order valence-electron chi connectivity index (χ2n) is 9.64. The van der Waals surface area contributed by atoms with E-state index in [-0.39, 0.29) is 23.3 Å². The smallest absolute Gasteiger partial charge is 0.337 e. The summed E-state index contributed by atoms with van der Waals surface area (Å²) >= 11 is 0. The van der Waals surface area contributed by atoms with Crippen LogP contribution in [0.25, 0.3) is 0 Å². The van der Waals surface area contributed by atoms with Crippen LogP contribution in [0.15, 0.2) is 54.6 Å². The summed E-state index contributed by atoms with van der Waals surface area (Å²) in [5, 5.41) is 0. The van der Waals surface area contributed by atoms with Crippen LogP contribution in [0.5, 0.6) is 0 Å². The van der Waals surface area contributed by atoms with E-state index >= 15 is 0 Å². The Morgan fingerprint density at radius 3 is 2.47 bits per heavy atom. The molecular weight excluding hydrogens is 400 g/mol. The monoisotopic (exact) mass is 434 g/mol. The van der Waals surface area contributed by atoms with Crippen molar-refractivity contribution in [2.24, 2.45) is 5.41 Å². The van der Waals surface area contributed by atoms with Crippen molar-refractivity contribution in [3.8, 4) is 0 Å². The number of nitrogens with zero attached hydrogens (tertiary/aromatic N) is 2. The molecule has 1 aliphatic heterocycles. The Kier molecular flexibility index (Phi) is 6.66.